The molecule has 1 aliphatic heterocycles. The molecule has 1 aliphatic rings. The molecule has 1 aromatic carbocycles. The molecule has 0 saturated carbocycles. The summed E-state index contributed by atoms with van der Waals surface area (Å²) in [5, 5.41) is 8.25. The standard InChI is InChI=1S/C27H34F3N5O4/c1-6-26(12-15-34(16-13-26)24(37)39-25(2,3)4)35-19-11-14-31-23(36)20(19)22(33-35)32-18-9-7-17(8-10-18)21(38-5)27(28,29)30/h7-11,14,21H,6,12-13,15-16H2,1-5H3,(H,31,36)(H,32,33)/t21-/m0/s1. The summed E-state index contributed by atoms with van der Waals surface area (Å²) in [6, 6.07) is 7.41. The molecule has 1 amide bonds. The molecule has 0 unspecified atom stereocenters. The number of nitrogens with one attached hydrogen (secondary N) is 2. The molecule has 4 rings (SSSR count). The van der Waals surface area contributed by atoms with Crippen molar-refractivity contribution in [3.05, 3.63) is 52.4 Å². The van der Waals surface area contributed by atoms with E-state index in [0.717, 1.165) is 7.11 Å². The van der Waals surface area contributed by atoms with Crippen molar-refractivity contribution in [2.45, 2.75) is 70.4 Å². The van der Waals surface area contributed by atoms with Crippen LogP contribution in [0.15, 0.2) is 41.3 Å². The number of hydrogen-bond donors (Lipinski definition) is 2. The second-order valence-electron chi connectivity index (χ2n) is 10.8. The SMILES string of the molecule is CCC1(n2nc(Nc3ccc([C@H](OC)C(F)(F)F)cc3)c3c(=O)[nH]ccc32)CCN(C(=O)OC(C)(C)C)CC1. The number of halogens is 3. The summed E-state index contributed by atoms with van der Waals surface area (Å²) in [5.41, 5.74) is -0.326. The summed E-state index contributed by atoms with van der Waals surface area (Å²) in [6.07, 6.45) is -3.45. The summed E-state index contributed by atoms with van der Waals surface area (Å²) in [7, 11) is 1.01. The Hall–Kier alpha value is -3.54. The number of aromatic amines is 1. The van der Waals surface area contributed by atoms with Gasteiger partial charge in [-0.25, -0.2) is 4.79 Å². The van der Waals surface area contributed by atoms with Gasteiger partial charge in [-0.15, -0.1) is 0 Å². The van der Waals surface area contributed by atoms with E-state index in [1.54, 1.807) is 17.2 Å². The lowest BCUT2D eigenvalue weighted by atomic mass is 9.85. The fourth-order valence-electron chi connectivity index (χ4n) is 5.01. The van der Waals surface area contributed by atoms with Crippen molar-refractivity contribution in [2.75, 3.05) is 25.5 Å². The number of methoxy groups -OCH3 is 1. The normalized spacial score (nSPS) is 16.8. The van der Waals surface area contributed by atoms with Crippen LogP contribution in [0.4, 0.5) is 29.5 Å². The van der Waals surface area contributed by atoms with Crippen LogP contribution in [0.1, 0.15) is 58.6 Å². The van der Waals surface area contributed by atoms with Gasteiger partial charge in [-0.05, 0) is 63.8 Å². The molecular formula is C27H34F3N5O4. The monoisotopic (exact) mass is 549 g/mol. The maximum absolute atomic E-state index is 13.2. The molecule has 0 aliphatic carbocycles. The van der Waals surface area contributed by atoms with Crippen LogP contribution in [0.25, 0.3) is 10.9 Å². The summed E-state index contributed by atoms with van der Waals surface area (Å²) in [6.45, 7) is 8.46. The molecule has 0 spiro atoms. The third-order valence-corrected chi connectivity index (χ3v) is 7.07. The number of H-pyrrole nitrogens is 1. The highest BCUT2D eigenvalue weighted by Crippen LogP contribution is 2.39. The van der Waals surface area contributed by atoms with Crippen LogP contribution in [-0.4, -0.2) is 57.7 Å². The molecule has 39 heavy (non-hydrogen) atoms. The van der Waals surface area contributed by atoms with Gasteiger partial charge < -0.3 is 24.7 Å². The van der Waals surface area contributed by atoms with E-state index in [9.17, 15) is 22.8 Å². The van der Waals surface area contributed by atoms with Crippen LogP contribution in [0.2, 0.25) is 0 Å². The van der Waals surface area contributed by atoms with Gasteiger partial charge >= 0.3 is 12.3 Å². The van der Waals surface area contributed by atoms with Gasteiger partial charge in [0.05, 0.1) is 11.1 Å². The molecule has 12 heteroatoms. The first-order chi connectivity index (χ1) is 18.3. The Kier molecular flexibility index (Phi) is 7.70. The second kappa shape index (κ2) is 10.6. The molecule has 3 aromatic rings. The summed E-state index contributed by atoms with van der Waals surface area (Å²) < 4.78 is 51.7. The van der Waals surface area contributed by atoms with E-state index in [-0.39, 0.29) is 17.2 Å². The Bertz CT molecular complexity index is 1370. The summed E-state index contributed by atoms with van der Waals surface area (Å²) >= 11 is 0. The molecule has 3 heterocycles. The fraction of sp³-hybridized carbons (Fsp3) is 0.519. The molecule has 2 N–H and O–H groups in total. The Morgan fingerprint density at radius 1 is 1.15 bits per heavy atom. The van der Waals surface area contributed by atoms with Crippen LogP contribution >= 0.6 is 0 Å². The fourth-order valence-corrected chi connectivity index (χ4v) is 5.01. The number of rotatable bonds is 6. The van der Waals surface area contributed by atoms with Crippen LogP contribution < -0.4 is 10.9 Å². The highest BCUT2D eigenvalue weighted by atomic mass is 19.4. The van der Waals surface area contributed by atoms with Crippen molar-refractivity contribution in [2.24, 2.45) is 0 Å². The zero-order valence-electron chi connectivity index (χ0n) is 22.7. The lowest BCUT2D eigenvalue weighted by Gasteiger charge is -2.42. The van der Waals surface area contributed by atoms with Gasteiger partial charge in [0.25, 0.3) is 5.56 Å². The van der Waals surface area contributed by atoms with Crippen molar-refractivity contribution in [1.29, 1.82) is 0 Å². The first-order valence-electron chi connectivity index (χ1n) is 12.8. The van der Waals surface area contributed by atoms with Gasteiger partial charge in [-0.3, -0.25) is 9.48 Å². The Morgan fingerprint density at radius 2 is 1.79 bits per heavy atom. The van der Waals surface area contributed by atoms with E-state index in [1.807, 2.05) is 32.4 Å². The maximum Gasteiger partial charge on any atom is 0.418 e. The first-order valence-corrected chi connectivity index (χ1v) is 12.8. The van der Waals surface area contributed by atoms with E-state index < -0.39 is 23.4 Å². The number of piperidine rings is 1. The second-order valence-corrected chi connectivity index (χ2v) is 10.8. The van der Waals surface area contributed by atoms with Crippen LogP contribution in [0.3, 0.4) is 0 Å². The summed E-state index contributed by atoms with van der Waals surface area (Å²) in [4.78, 5) is 29.9. The lowest BCUT2D eigenvalue weighted by molar-refractivity contribution is -0.215. The average Bonchev–Trinajstić information content (AvgIpc) is 3.24. The highest BCUT2D eigenvalue weighted by Gasteiger charge is 2.41. The van der Waals surface area contributed by atoms with Crippen molar-refractivity contribution < 1.29 is 27.4 Å². The molecule has 2 aromatic heterocycles. The van der Waals surface area contributed by atoms with E-state index in [4.69, 9.17) is 9.84 Å². The van der Waals surface area contributed by atoms with Crippen LogP contribution in [0.5, 0.6) is 0 Å². The van der Waals surface area contributed by atoms with E-state index >= 15 is 0 Å². The van der Waals surface area contributed by atoms with Crippen molar-refractivity contribution in [3.8, 4) is 0 Å². The zero-order chi connectivity index (χ0) is 28.6. The number of aromatic nitrogens is 3. The number of amides is 1. The van der Waals surface area contributed by atoms with E-state index in [0.29, 0.717) is 54.8 Å². The van der Waals surface area contributed by atoms with Gasteiger partial charge in [0, 0.05) is 32.1 Å². The molecule has 0 bridgehead atoms. The van der Waals surface area contributed by atoms with Gasteiger partial charge in [0.1, 0.15) is 11.0 Å². The number of carbonyl (C=O) groups excluding carboxylic acids is 1. The van der Waals surface area contributed by atoms with Gasteiger partial charge in [0.15, 0.2) is 11.9 Å². The Balaban J connectivity index is 1.64. The van der Waals surface area contributed by atoms with Crippen molar-refractivity contribution in [1.82, 2.24) is 19.7 Å². The summed E-state index contributed by atoms with van der Waals surface area (Å²) in [5.74, 6) is 0.293. The molecular weight excluding hydrogens is 515 g/mol. The number of benzene rings is 1. The van der Waals surface area contributed by atoms with Gasteiger partial charge in [-0.1, -0.05) is 19.1 Å². The minimum absolute atomic E-state index is 0.0366. The molecule has 1 atom stereocenters. The van der Waals surface area contributed by atoms with Crippen molar-refractivity contribution in [3.63, 3.8) is 0 Å². The smallest absolute Gasteiger partial charge is 0.418 e. The number of pyridine rings is 1. The predicted molar refractivity (Wildman–Crippen MR) is 141 cm³/mol. The third kappa shape index (κ3) is 5.90. The third-order valence-electron chi connectivity index (χ3n) is 7.07. The minimum atomic E-state index is -4.54. The van der Waals surface area contributed by atoms with E-state index in [1.165, 1.54) is 24.3 Å². The number of ether oxygens (including phenoxy) is 2. The number of nitrogens with zero attached hydrogens (tertiary/aromatic N) is 3. The Morgan fingerprint density at radius 3 is 2.33 bits per heavy atom. The molecule has 1 saturated heterocycles. The number of carbonyl (C=O) groups is 1. The largest absolute Gasteiger partial charge is 0.444 e. The van der Waals surface area contributed by atoms with Gasteiger partial charge in [-0.2, -0.15) is 18.3 Å². The maximum atomic E-state index is 13.2. The minimum Gasteiger partial charge on any atom is -0.444 e. The average molecular weight is 550 g/mol. The molecule has 212 valence electrons. The lowest BCUT2D eigenvalue weighted by Crippen LogP contribution is -2.49. The number of fused-ring (bicyclic) bond motifs is 1. The van der Waals surface area contributed by atoms with Crippen LogP contribution in [-0.2, 0) is 15.0 Å². The molecule has 9 nitrogen and oxygen atoms in total. The topological polar surface area (TPSA) is 101 Å². The molecule has 0 radical (unpaired) electrons. The van der Waals surface area contributed by atoms with E-state index in [2.05, 4.69) is 15.0 Å². The van der Waals surface area contributed by atoms with Crippen LogP contribution in [0, 0.1) is 0 Å². The predicted octanol–water partition coefficient (Wildman–Crippen LogP) is 5.85. The number of likely N-dealkylation sites (tertiary alicyclic amines) is 1. The Labute approximate surface area is 224 Å². The zero-order valence-corrected chi connectivity index (χ0v) is 22.7. The van der Waals surface area contributed by atoms with Gasteiger partial charge in [0.2, 0.25) is 0 Å². The number of alkyl halides is 3. The highest BCUT2D eigenvalue weighted by molar-refractivity contribution is 5.91. The first kappa shape index (κ1) is 28.5. The molecule has 1 fully saturated rings. The quantitative estimate of drug-likeness (QED) is 0.400. The number of hydrogen-bond acceptors (Lipinski definition) is 6. The van der Waals surface area contributed by atoms with Crippen molar-refractivity contribution >= 4 is 28.5 Å². The number of anilines is 2.